The van der Waals surface area contributed by atoms with Crippen molar-refractivity contribution in [3.05, 3.63) is 76.8 Å². The van der Waals surface area contributed by atoms with E-state index in [-0.39, 0.29) is 11.2 Å². The number of nitrogens with one attached hydrogen (secondary N) is 1. The topological polar surface area (TPSA) is 54.9 Å². The number of aromatic nitrogens is 2. The number of aryl methyl sites for hydroxylation is 1. The molecule has 1 N–H and O–H groups in total. The van der Waals surface area contributed by atoms with Gasteiger partial charge in [-0.3, -0.25) is 10.1 Å². The number of amides is 1. The van der Waals surface area contributed by atoms with Crippen molar-refractivity contribution in [2.24, 2.45) is 0 Å². The summed E-state index contributed by atoms with van der Waals surface area (Å²) in [5.41, 5.74) is 2.38. The molecule has 25 heavy (non-hydrogen) atoms. The fourth-order valence-electron chi connectivity index (χ4n) is 2.40. The molecular weight excluding hydrogens is 350 g/mol. The molecule has 0 radical (unpaired) electrons. The first-order valence-electron chi connectivity index (χ1n) is 8.10. The third kappa shape index (κ3) is 4.90. The van der Waals surface area contributed by atoms with Crippen LogP contribution in [-0.4, -0.2) is 21.9 Å². The van der Waals surface area contributed by atoms with Crippen LogP contribution < -0.4 is 5.32 Å². The highest BCUT2D eigenvalue weighted by molar-refractivity contribution is 8.00. The zero-order valence-electron chi connectivity index (χ0n) is 13.9. The Morgan fingerprint density at radius 1 is 1.04 bits per heavy atom. The molecule has 2 aromatic carbocycles. The summed E-state index contributed by atoms with van der Waals surface area (Å²) in [6, 6.07) is 20.5. The van der Waals surface area contributed by atoms with Crippen molar-refractivity contribution in [1.82, 2.24) is 10.2 Å². The molecule has 0 atom stereocenters. The van der Waals surface area contributed by atoms with Crippen molar-refractivity contribution in [3.8, 4) is 0 Å². The van der Waals surface area contributed by atoms with Crippen molar-refractivity contribution in [3.63, 3.8) is 0 Å². The Kier molecular flexibility index (Phi) is 6.19. The fourth-order valence-corrected chi connectivity index (χ4v) is 4.19. The van der Waals surface area contributed by atoms with E-state index in [0.29, 0.717) is 10.9 Å². The van der Waals surface area contributed by atoms with Crippen molar-refractivity contribution in [2.75, 3.05) is 11.1 Å². The van der Waals surface area contributed by atoms with E-state index in [0.717, 1.165) is 11.4 Å². The molecule has 0 aliphatic heterocycles. The zero-order chi connectivity index (χ0) is 17.5. The molecule has 0 fully saturated rings. The number of carbonyl (C=O) groups is 1. The Labute approximate surface area is 155 Å². The van der Waals surface area contributed by atoms with Crippen LogP contribution in [0.15, 0.2) is 60.7 Å². The number of carbonyl (C=O) groups excluding carboxylic acids is 1. The second-order valence-electron chi connectivity index (χ2n) is 5.42. The second-order valence-corrected chi connectivity index (χ2v) is 7.57. The molecule has 0 spiro atoms. The Hall–Kier alpha value is -2.18. The van der Waals surface area contributed by atoms with E-state index in [9.17, 15) is 4.79 Å². The van der Waals surface area contributed by atoms with Gasteiger partial charge in [-0.15, -0.1) is 22.0 Å². The molecule has 0 unspecified atom stereocenters. The highest BCUT2D eigenvalue weighted by Gasteiger charge is 2.17. The molecule has 4 nitrogen and oxygen atoms in total. The molecule has 1 aromatic heterocycles. The van der Waals surface area contributed by atoms with E-state index >= 15 is 0 Å². The molecule has 0 aliphatic carbocycles. The Morgan fingerprint density at radius 3 is 2.16 bits per heavy atom. The van der Waals surface area contributed by atoms with Gasteiger partial charge in [0.25, 0.3) is 0 Å². The lowest BCUT2D eigenvalue weighted by molar-refractivity contribution is -0.113. The molecule has 3 rings (SSSR count). The molecule has 0 aliphatic rings. The minimum absolute atomic E-state index is 0.0549. The molecule has 1 amide bonds. The molecule has 0 saturated heterocycles. The number of thioether (sulfide) groups is 1. The van der Waals surface area contributed by atoms with Crippen molar-refractivity contribution < 1.29 is 4.79 Å². The van der Waals surface area contributed by atoms with Gasteiger partial charge in [-0.1, -0.05) is 78.9 Å². The van der Waals surface area contributed by atoms with Crippen LogP contribution in [0.2, 0.25) is 0 Å². The zero-order valence-corrected chi connectivity index (χ0v) is 15.5. The summed E-state index contributed by atoms with van der Waals surface area (Å²) in [4.78, 5) is 12.3. The maximum atomic E-state index is 12.3. The average Bonchev–Trinajstić information content (AvgIpc) is 3.11. The summed E-state index contributed by atoms with van der Waals surface area (Å²) in [7, 11) is 0. The minimum atomic E-state index is -0.0549. The number of rotatable bonds is 7. The van der Waals surface area contributed by atoms with E-state index in [1.165, 1.54) is 22.5 Å². The monoisotopic (exact) mass is 369 g/mol. The van der Waals surface area contributed by atoms with E-state index < -0.39 is 0 Å². The van der Waals surface area contributed by atoms with Gasteiger partial charge in [0.05, 0.1) is 11.0 Å². The number of nitrogens with zero attached hydrogens (tertiary/aromatic N) is 2. The van der Waals surface area contributed by atoms with E-state index in [1.54, 1.807) is 11.8 Å². The smallest absolute Gasteiger partial charge is 0.236 e. The van der Waals surface area contributed by atoms with Crippen molar-refractivity contribution in [2.45, 2.75) is 18.6 Å². The van der Waals surface area contributed by atoms with Crippen LogP contribution >= 0.6 is 23.1 Å². The fraction of sp³-hybridized carbons (Fsp3) is 0.211. The van der Waals surface area contributed by atoms with E-state index in [1.807, 2.05) is 43.3 Å². The normalized spacial score (nSPS) is 10.8. The third-order valence-corrected chi connectivity index (χ3v) is 5.89. The van der Waals surface area contributed by atoms with Gasteiger partial charge >= 0.3 is 0 Å². The highest BCUT2D eigenvalue weighted by Crippen LogP contribution is 2.35. The van der Waals surface area contributed by atoms with E-state index in [4.69, 9.17) is 0 Å². The average molecular weight is 370 g/mol. The van der Waals surface area contributed by atoms with Gasteiger partial charge in [0.15, 0.2) is 0 Å². The van der Waals surface area contributed by atoms with Gasteiger partial charge < -0.3 is 0 Å². The SMILES string of the molecule is CCc1nnc(NC(=O)CSC(c2ccccc2)c2ccccc2)s1. The van der Waals surface area contributed by atoms with Crippen LogP contribution in [-0.2, 0) is 11.2 Å². The van der Waals surface area contributed by atoms with Gasteiger partial charge in [0.2, 0.25) is 11.0 Å². The van der Waals surface area contributed by atoms with Gasteiger partial charge in [-0.25, -0.2) is 0 Å². The molecular formula is C19H19N3OS2. The number of hydrogen-bond acceptors (Lipinski definition) is 5. The lowest BCUT2D eigenvalue weighted by Gasteiger charge is -2.17. The van der Waals surface area contributed by atoms with Crippen LogP contribution in [0.4, 0.5) is 5.13 Å². The highest BCUT2D eigenvalue weighted by atomic mass is 32.2. The molecule has 6 heteroatoms. The number of hydrogen-bond donors (Lipinski definition) is 1. The van der Waals surface area contributed by atoms with Crippen LogP contribution in [0.3, 0.4) is 0 Å². The molecule has 0 bridgehead atoms. The Morgan fingerprint density at radius 2 is 1.64 bits per heavy atom. The molecule has 128 valence electrons. The summed E-state index contributed by atoms with van der Waals surface area (Å²) in [6.07, 6.45) is 0.826. The molecule has 1 heterocycles. The lowest BCUT2D eigenvalue weighted by Crippen LogP contribution is -2.15. The van der Waals surface area contributed by atoms with E-state index in [2.05, 4.69) is 39.8 Å². The first-order chi connectivity index (χ1) is 12.3. The van der Waals surface area contributed by atoms with Crippen molar-refractivity contribution in [1.29, 1.82) is 0 Å². The minimum Gasteiger partial charge on any atom is -0.300 e. The predicted octanol–water partition coefficient (Wildman–Crippen LogP) is 4.56. The third-order valence-electron chi connectivity index (χ3n) is 3.60. The van der Waals surface area contributed by atoms with Gasteiger partial charge in [-0.2, -0.15) is 0 Å². The Balaban J connectivity index is 1.67. The Bertz CT molecular complexity index is 766. The van der Waals surface area contributed by atoms with Crippen LogP contribution in [0, 0.1) is 0 Å². The molecule has 3 aromatic rings. The molecule has 0 saturated carbocycles. The summed E-state index contributed by atoms with van der Waals surface area (Å²) in [6.45, 7) is 2.02. The number of anilines is 1. The summed E-state index contributed by atoms with van der Waals surface area (Å²) >= 11 is 3.04. The van der Waals surface area contributed by atoms with Gasteiger partial charge in [0.1, 0.15) is 5.01 Å². The van der Waals surface area contributed by atoms with Crippen LogP contribution in [0.1, 0.15) is 28.3 Å². The lowest BCUT2D eigenvalue weighted by atomic mass is 10.0. The van der Waals surface area contributed by atoms with Gasteiger partial charge in [0, 0.05) is 0 Å². The second kappa shape index (κ2) is 8.78. The van der Waals surface area contributed by atoms with Gasteiger partial charge in [-0.05, 0) is 17.5 Å². The largest absolute Gasteiger partial charge is 0.300 e. The predicted molar refractivity (Wildman–Crippen MR) is 105 cm³/mol. The maximum Gasteiger partial charge on any atom is 0.236 e. The first kappa shape index (κ1) is 17.6. The first-order valence-corrected chi connectivity index (χ1v) is 9.96. The quantitative estimate of drug-likeness (QED) is 0.663. The van der Waals surface area contributed by atoms with Crippen molar-refractivity contribution >= 4 is 34.1 Å². The summed E-state index contributed by atoms with van der Waals surface area (Å²) < 4.78 is 0. The van der Waals surface area contributed by atoms with Crippen LogP contribution in [0.5, 0.6) is 0 Å². The summed E-state index contributed by atoms with van der Waals surface area (Å²) in [5.74, 6) is 0.302. The number of benzene rings is 2. The summed E-state index contributed by atoms with van der Waals surface area (Å²) in [5, 5.41) is 12.5. The van der Waals surface area contributed by atoms with Crippen LogP contribution in [0.25, 0.3) is 0 Å². The standard InChI is InChI=1S/C19H19N3OS2/c1-2-17-21-22-19(25-17)20-16(23)13-24-18(14-9-5-3-6-10-14)15-11-7-4-8-12-15/h3-12,18H,2,13H2,1H3,(H,20,22,23). The maximum absolute atomic E-state index is 12.3.